The second kappa shape index (κ2) is 7.86. The molecule has 0 saturated carbocycles. The quantitative estimate of drug-likeness (QED) is 0.623. The van der Waals surface area contributed by atoms with E-state index in [4.69, 9.17) is 5.10 Å². The van der Waals surface area contributed by atoms with Gasteiger partial charge in [-0.15, -0.1) is 0 Å². The lowest BCUT2D eigenvalue weighted by Gasteiger charge is -2.31. The van der Waals surface area contributed by atoms with Crippen molar-refractivity contribution >= 4 is 17.3 Å². The number of likely N-dealkylation sites (tertiary alicyclic amines) is 1. The van der Waals surface area contributed by atoms with E-state index >= 15 is 0 Å². The highest BCUT2D eigenvalue weighted by molar-refractivity contribution is 5.84. The van der Waals surface area contributed by atoms with Crippen LogP contribution in [0.3, 0.4) is 0 Å². The molecule has 0 spiro atoms. The number of aldehydes is 1. The molecule has 4 rings (SSSR count). The van der Waals surface area contributed by atoms with Crippen molar-refractivity contribution < 1.29 is 18.0 Å². The fourth-order valence-corrected chi connectivity index (χ4v) is 4.16. The van der Waals surface area contributed by atoms with E-state index < -0.39 is 11.7 Å². The molecule has 0 atom stereocenters. The van der Waals surface area contributed by atoms with E-state index in [-0.39, 0.29) is 17.1 Å². The van der Waals surface area contributed by atoms with Gasteiger partial charge in [0, 0.05) is 41.0 Å². The summed E-state index contributed by atoms with van der Waals surface area (Å²) >= 11 is 0. The monoisotopic (exact) mass is 419 g/mol. The minimum absolute atomic E-state index is 0.0443. The Bertz CT molecular complexity index is 1040. The third-order valence-corrected chi connectivity index (χ3v) is 5.72. The number of nitrogens with one attached hydrogen (secondary N) is 1. The molecule has 3 aromatic rings. The molecule has 0 unspecified atom stereocenters. The third-order valence-electron chi connectivity index (χ3n) is 5.72. The van der Waals surface area contributed by atoms with Crippen molar-refractivity contribution in [3.05, 3.63) is 35.8 Å². The molecule has 0 bridgehead atoms. The standard InChI is InChI=1S/C21H24F3N5O/c1-13(2)29-19(14-3-5-28(6-4-14)7-8-30)10-18(27-29)15-9-16-17(21(22,23)24)12-26-20(16)25-11-15/h8-14H,3-7H2,1-2H3,(H,25,26). The number of halogens is 3. The van der Waals surface area contributed by atoms with Crippen LogP contribution in [0.15, 0.2) is 24.5 Å². The Hall–Kier alpha value is -2.68. The zero-order valence-corrected chi connectivity index (χ0v) is 16.9. The van der Waals surface area contributed by atoms with E-state index in [9.17, 15) is 18.0 Å². The summed E-state index contributed by atoms with van der Waals surface area (Å²) in [6, 6.07) is 3.60. The van der Waals surface area contributed by atoms with Crippen LogP contribution in [0, 0.1) is 0 Å². The van der Waals surface area contributed by atoms with Crippen molar-refractivity contribution in [1.29, 1.82) is 0 Å². The van der Waals surface area contributed by atoms with Crippen LogP contribution in [0.25, 0.3) is 22.3 Å². The second-order valence-electron chi connectivity index (χ2n) is 8.05. The number of aromatic amines is 1. The number of hydrogen-bond acceptors (Lipinski definition) is 4. The highest BCUT2D eigenvalue weighted by Crippen LogP contribution is 2.37. The first-order chi connectivity index (χ1) is 14.3. The average molecular weight is 419 g/mol. The highest BCUT2D eigenvalue weighted by Gasteiger charge is 2.34. The molecule has 4 heterocycles. The molecule has 0 amide bonds. The molecular weight excluding hydrogens is 395 g/mol. The number of aromatic nitrogens is 4. The van der Waals surface area contributed by atoms with E-state index in [0.29, 0.717) is 23.7 Å². The summed E-state index contributed by atoms with van der Waals surface area (Å²) < 4.78 is 41.8. The van der Waals surface area contributed by atoms with Crippen molar-refractivity contribution in [3.63, 3.8) is 0 Å². The van der Waals surface area contributed by atoms with Crippen LogP contribution in [0.4, 0.5) is 13.2 Å². The minimum Gasteiger partial charge on any atom is -0.346 e. The number of nitrogens with zero attached hydrogens (tertiary/aromatic N) is 4. The topological polar surface area (TPSA) is 66.8 Å². The lowest BCUT2D eigenvalue weighted by molar-refractivity contribution is -0.136. The van der Waals surface area contributed by atoms with Gasteiger partial charge in [-0.1, -0.05) is 0 Å². The van der Waals surface area contributed by atoms with Crippen LogP contribution < -0.4 is 0 Å². The Morgan fingerprint density at radius 3 is 2.63 bits per heavy atom. The van der Waals surface area contributed by atoms with Crippen LogP contribution >= 0.6 is 0 Å². The summed E-state index contributed by atoms with van der Waals surface area (Å²) in [5.41, 5.74) is 1.75. The summed E-state index contributed by atoms with van der Waals surface area (Å²) in [4.78, 5) is 19.6. The summed E-state index contributed by atoms with van der Waals surface area (Å²) in [6.07, 6.45) is 0.819. The normalized spacial score (nSPS) is 16.6. The van der Waals surface area contributed by atoms with Gasteiger partial charge in [0.1, 0.15) is 11.9 Å². The zero-order chi connectivity index (χ0) is 21.5. The van der Waals surface area contributed by atoms with Gasteiger partial charge in [-0.05, 0) is 51.9 Å². The first kappa shape index (κ1) is 20.6. The second-order valence-corrected chi connectivity index (χ2v) is 8.05. The Morgan fingerprint density at radius 2 is 2.00 bits per heavy atom. The number of hydrogen-bond donors (Lipinski definition) is 1. The molecule has 1 saturated heterocycles. The van der Waals surface area contributed by atoms with E-state index in [1.165, 1.54) is 6.07 Å². The number of carbonyl (C=O) groups is 1. The van der Waals surface area contributed by atoms with Crippen LogP contribution in [-0.2, 0) is 11.0 Å². The molecule has 160 valence electrons. The van der Waals surface area contributed by atoms with Gasteiger partial charge < -0.3 is 9.78 Å². The highest BCUT2D eigenvalue weighted by atomic mass is 19.4. The van der Waals surface area contributed by atoms with E-state index in [1.807, 2.05) is 24.6 Å². The van der Waals surface area contributed by atoms with E-state index in [0.717, 1.165) is 44.1 Å². The smallest absolute Gasteiger partial charge is 0.346 e. The van der Waals surface area contributed by atoms with Gasteiger partial charge in [-0.25, -0.2) is 4.98 Å². The predicted molar refractivity (Wildman–Crippen MR) is 107 cm³/mol. The summed E-state index contributed by atoms with van der Waals surface area (Å²) in [6.45, 7) is 6.21. The maximum absolute atomic E-state index is 13.3. The van der Waals surface area contributed by atoms with Gasteiger partial charge in [0.15, 0.2) is 0 Å². The first-order valence-electron chi connectivity index (χ1n) is 10.1. The van der Waals surface area contributed by atoms with Crippen LogP contribution in [-0.4, -0.2) is 50.6 Å². The van der Waals surface area contributed by atoms with Crippen molar-refractivity contribution in [1.82, 2.24) is 24.6 Å². The molecule has 30 heavy (non-hydrogen) atoms. The lowest BCUT2D eigenvalue weighted by atomic mass is 9.92. The number of alkyl halides is 3. The van der Waals surface area contributed by atoms with Crippen molar-refractivity contribution in [2.24, 2.45) is 0 Å². The van der Waals surface area contributed by atoms with Crippen molar-refractivity contribution in [2.75, 3.05) is 19.6 Å². The van der Waals surface area contributed by atoms with Gasteiger partial charge in [0.05, 0.1) is 17.8 Å². The van der Waals surface area contributed by atoms with Crippen molar-refractivity contribution in [2.45, 2.75) is 44.8 Å². The summed E-state index contributed by atoms with van der Waals surface area (Å²) in [7, 11) is 0. The number of carbonyl (C=O) groups excluding carboxylic acids is 1. The Morgan fingerprint density at radius 1 is 1.27 bits per heavy atom. The Balaban J connectivity index is 1.69. The fraction of sp³-hybridized carbons (Fsp3) is 0.476. The van der Waals surface area contributed by atoms with Gasteiger partial charge in [-0.3, -0.25) is 9.58 Å². The molecule has 1 N–H and O–H groups in total. The van der Waals surface area contributed by atoms with E-state index in [2.05, 4.69) is 14.9 Å². The fourth-order valence-electron chi connectivity index (χ4n) is 4.16. The Kier molecular flexibility index (Phi) is 5.40. The lowest BCUT2D eigenvalue weighted by Crippen LogP contribution is -2.34. The maximum atomic E-state index is 13.3. The molecule has 1 fully saturated rings. The number of fused-ring (bicyclic) bond motifs is 1. The largest absolute Gasteiger partial charge is 0.418 e. The predicted octanol–water partition coefficient (Wildman–Crippen LogP) is 4.40. The zero-order valence-electron chi connectivity index (χ0n) is 16.9. The molecule has 9 heteroatoms. The number of H-pyrrole nitrogens is 1. The first-order valence-corrected chi connectivity index (χ1v) is 10.1. The minimum atomic E-state index is -4.45. The van der Waals surface area contributed by atoms with Gasteiger partial charge in [0.25, 0.3) is 0 Å². The molecule has 1 aliphatic heterocycles. The van der Waals surface area contributed by atoms with Gasteiger partial charge in [0.2, 0.25) is 0 Å². The molecule has 0 radical (unpaired) electrons. The van der Waals surface area contributed by atoms with E-state index in [1.54, 1.807) is 6.20 Å². The molecule has 0 aromatic carbocycles. The number of pyridine rings is 1. The van der Waals surface area contributed by atoms with Gasteiger partial charge >= 0.3 is 6.18 Å². The van der Waals surface area contributed by atoms with Gasteiger partial charge in [-0.2, -0.15) is 18.3 Å². The molecule has 3 aromatic heterocycles. The molecule has 0 aliphatic carbocycles. The van der Waals surface area contributed by atoms with Crippen LogP contribution in [0.1, 0.15) is 49.9 Å². The van der Waals surface area contributed by atoms with Crippen molar-refractivity contribution in [3.8, 4) is 11.3 Å². The summed E-state index contributed by atoms with van der Waals surface area (Å²) in [5, 5.41) is 4.75. The molecular formula is C21H24F3N5O. The summed E-state index contributed by atoms with van der Waals surface area (Å²) in [5.74, 6) is 0.297. The number of rotatable bonds is 5. The average Bonchev–Trinajstić information content (AvgIpc) is 3.33. The Labute approximate surface area is 172 Å². The number of piperidine rings is 1. The maximum Gasteiger partial charge on any atom is 0.418 e. The van der Waals surface area contributed by atoms with Crippen LogP contribution in [0.2, 0.25) is 0 Å². The van der Waals surface area contributed by atoms with Crippen LogP contribution in [0.5, 0.6) is 0 Å². The molecule has 6 nitrogen and oxygen atoms in total. The molecule has 1 aliphatic rings. The SMILES string of the molecule is CC(C)n1nc(-c2cnc3[nH]cc(C(F)(F)F)c3c2)cc1C1CCN(CC=O)CC1. The third kappa shape index (κ3) is 3.86.